The maximum absolute atomic E-state index is 11.3. The third-order valence-electron chi connectivity index (χ3n) is 3.17. The second kappa shape index (κ2) is 5.61. The van der Waals surface area contributed by atoms with E-state index in [1.165, 1.54) is 18.9 Å². The number of anilines is 1. The molecule has 0 atom stereocenters. The fourth-order valence-corrected chi connectivity index (χ4v) is 3.02. The molecule has 0 aromatic carbocycles. The molecular formula is C11H14N4O4S. The minimum atomic E-state index is -0.540. The highest BCUT2D eigenvalue weighted by molar-refractivity contribution is 7.99. The quantitative estimate of drug-likeness (QED) is 0.275. The average molecular weight is 298 g/mol. The zero-order valence-electron chi connectivity index (χ0n) is 10.9. The van der Waals surface area contributed by atoms with Crippen LogP contribution in [0.4, 0.5) is 11.6 Å². The van der Waals surface area contributed by atoms with Crippen LogP contribution in [0.1, 0.15) is 19.3 Å². The number of carbonyl (C=O) groups excluding carboxylic acids is 1. The van der Waals surface area contributed by atoms with E-state index in [4.69, 9.17) is 5.73 Å². The summed E-state index contributed by atoms with van der Waals surface area (Å²) in [6, 6.07) is 0. The van der Waals surface area contributed by atoms with Crippen LogP contribution in [0.3, 0.4) is 0 Å². The zero-order valence-corrected chi connectivity index (χ0v) is 11.7. The van der Waals surface area contributed by atoms with Crippen LogP contribution in [0.2, 0.25) is 0 Å². The summed E-state index contributed by atoms with van der Waals surface area (Å²) in [6.45, 7) is 0. The van der Waals surface area contributed by atoms with Crippen LogP contribution in [-0.2, 0) is 9.53 Å². The molecule has 20 heavy (non-hydrogen) atoms. The van der Waals surface area contributed by atoms with Crippen molar-refractivity contribution >= 4 is 29.4 Å². The van der Waals surface area contributed by atoms with Gasteiger partial charge in [0, 0.05) is 5.75 Å². The lowest BCUT2D eigenvalue weighted by molar-refractivity contribution is -0.388. The van der Waals surface area contributed by atoms with Crippen LogP contribution in [-0.4, -0.2) is 33.7 Å². The maximum Gasteiger partial charge on any atom is 0.319 e. The molecule has 0 aliphatic heterocycles. The van der Waals surface area contributed by atoms with E-state index in [0.29, 0.717) is 12.2 Å². The van der Waals surface area contributed by atoms with Crippen molar-refractivity contribution in [1.82, 2.24) is 9.97 Å². The monoisotopic (exact) mass is 298 g/mol. The van der Waals surface area contributed by atoms with Crippen LogP contribution >= 0.6 is 11.8 Å². The Bertz CT molecular complexity index is 547. The summed E-state index contributed by atoms with van der Waals surface area (Å²) in [5.41, 5.74) is 5.15. The van der Waals surface area contributed by atoms with E-state index in [1.54, 1.807) is 0 Å². The highest BCUT2D eigenvalue weighted by Crippen LogP contribution is 2.52. The van der Waals surface area contributed by atoms with Crippen molar-refractivity contribution in [3.63, 3.8) is 0 Å². The minimum Gasteiger partial charge on any atom is -0.469 e. The van der Waals surface area contributed by atoms with Gasteiger partial charge in [0.1, 0.15) is 6.20 Å². The Labute approximate surface area is 119 Å². The van der Waals surface area contributed by atoms with Crippen LogP contribution < -0.4 is 5.73 Å². The topological polar surface area (TPSA) is 121 Å². The summed E-state index contributed by atoms with van der Waals surface area (Å²) in [6.07, 6.45) is 3.24. The zero-order chi connectivity index (χ0) is 14.8. The molecule has 0 unspecified atom stereocenters. The molecule has 108 valence electrons. The lowest BCUT2D eigenvalue weighted by Crippen LogP contribution is -2.13. The summed E-state index contributed by atoms with van der Waals surface area (Å²) in [7, 11) is 1.35. The second-order valence-corrected chi connectivity index (χ2v) is 5.68. The van der Waals surface area contributed by atoms with Crippen LogP contribution in [0.5, 0.6) is 0 Å². The van der Waals surface area contributed by atoms with Crippen molar-refractivity contribution in [3.05, 3.63) is 16.3 Å². The summed E-state index contributed by atoms with van der Waals surface area (Å²) >= 11 is 1.23. The fourth-order valence-electron chi connectivity index (χ4n) is 1.75. The molecule has 1 aliphatic rings. The van der Waals surface area contributed by atoms with Crippen LogP contribution in [0, 0.1) is 15.5 Å². The summed E-state index contributed by atoms with van der Waals surface area (Å²) in [4.78, 5) is 29.2. The number of nitrogens with zero attached hydrogens (tertiary/aromatic N) is 3. The molecule has 1 aromatic rings. The van der Waals surface area contributed by atoms with Crippen LogP contribution in [0.25, 0.3) is 0 Å². The van der Waals surface area contributed by atoms with Crippen molar-refractivity contribution in [2.45, 2.75) is 24.3 Å². The highest BCUT2D eigenvalue weighted by atomic mass is 32.2. The fraction of sp³-hybridized carbons (Fsp3) is 0.545. The number of ether oxygens (including phenoxy) is 1. The Morgan fingerprint density at radius 1 is 1.65 bits per heavy atom. The molecule has 8 nitrogen and oxygen atoms in total. The standard InChI is InChI=1S/C11H14N4O4S/c1-19-8(16)4-11(2-3-11)6-20-9-7(15(17)18)5-13-10(12)14-9/h5H,2-4,6H2,1H3,(H2,12,13,14). The number of carbonyl (C=O) groups is 1. The molecule has 2 rings (SSSR count). The second-order valence-electron chi connectivity index (χ2n) is 4.72. The molecule has 0 amide bonds. The number of hydrogen-bond acceptors (Lipinski definition) is 8. The van der Waals surface area contributed by atoms with Crippen LogP contribution in [0.15, 0.2) is 11.2 Å². The van der Waals surface area contributed by atoms with Gasteiger partial charge in [-0.2, -0.15) is 4.98 Å². The van der Waals surface area contributed by atoms with Gasteiger partial charge in [-0.3, -0.25) is 14.9 Å². The van der Waals surface area contributed by atoms with Gasteiger partial charge >= 0.3 is 11.7 Å². The molecule has 0 spiro atoms. The van der Waals surface area contributed by atoms with Gasteiger partial charge in [-0.05, 0) is 18.3 Å². The third-order valence-corrected chi connectivity index (χ3v) is 4.50. The number of rotatable bonds is 6. The van der Waals surface area contributed by atoms with Gasteiger partial charge in [0.15, 0.2) is 5.03 Å². The lowest BCUT2D eigenvalue weighted by atomic mass is 10.1. The predicted molar refractivity (Wildman–Crippen MR) is 72.1 cm³/mol. The average Bonchev–Trinajstić information content (AvgIpc) is 3.16. The van der Waals surface area contributed by atoms with Gasteiger partial charge in [-0.15, -0.1) is 0 Å². The molecule has 0 saturated heterocycles. The first-order chi connectivity index (χ1) is 9.46. The SMILES string of the molecule is COC(=O)CC1(CSc2nc(N)ncc2[N+](=O)[O-])CC1. The molecule has 0 radical (unpaired) electrons. The Morgan fingerprint density at radius 3 is 2.90 bits per heavy atom. The number of esters is 1. The number of thioether (sulfide) groups is 1. The van der Waals surface area contributed by atoms with Crippen molar-refractivity contribution in [1.29, 1.82) is 0 Å². The first-order valence-electron chi connectivity index (χ1n) is 5.92. The third kappa shape index (κ3) is 3.35. The molecular weight excluding hydrogens is 284 g/mol. The van der Waals surface area contributed by atoms with Crippen molar-refractivity contribution in [3.8, 4) is 0 Å². The minimum absolute atomic E-state index is 0.00378. The van der Waals surface area contributed by atoms with E-state index >= 15 is 0 Å². The Hall–Kier alpha value is -1.90. The Balaban J connectivity index is 2.06. The number of hydrogen-bond donors (Lipinski definition) is 1. The maximum atomic E-state index is 11.3. The van der Waals surface area contributed by atoms with E-state index in [0.717, 1.165) is 19.0 Å². The largest absolute Gasteiger partial charge is 0.469 e. The van der Waals surface area contributed by atoms with E-state index in [1.807, 2.05) is 0 Å². The van der Waals surface area contributed by atoms with E-state index in [2.05, 4.69) is 14.7 Å². The summed E-state index contributed by atoms with van der Waals surface area (Å²) in [5, 5.41) is 11.1. The Morgan fingerprint density at radius 2 is 2.35 bits per heavy atom. The van der Waals surface area contributed by atoms with Gasteiger partial charge < -0.3 is 10.5 Å². The molecule has 1 fully saturated rings. The number of methoxy groups -OCH3 is 1. The number of nitro groups is 1. The van der Waals surface area contributed by atoms with Crippen molar-refractivity contribution in [2.24, 2.45) is 5.41 Å². The molecule has 1 aromatic heterocycles. The number of nitrogens with two attached hydrogens (primary N) is 1. The molecule has 9 heteroatoms. The molecule has 1 heterocycles. The van der Waals surface area contributed by atoms with Gasteiger partial charge in [0.2, 0.25) is 5.95 Å². The molecule has 1 saturated carbocycles. The smallest absolute Gasteiger partial charge is 0.319 e. The summed E-state index contributed by atoms with van der Waals surface area (Å²) in [5.74, 6) is 0.301. The first-order valence-corrected chi connectivity index (χ1v) is 6.91. The van der Waals surface area contributed by atoms with Crippen molar-refractivity contribution < 1.29 is 14.5 Å². The molecule has 1 aliphatic carbocycles. The number of nitrogen functional groups attached to an aromatic ring is 1. The molecule has 2 N–H and O–H groups in total. The van der Waals surface area contributed by atoms with Gasteiger partial charge in [-0.1, -0.05) is 11.8 Å². The normalized spacial score (nSPS) is 15.7. The van der Waals surface area contributed by atoms with Gasteiger partial charge in [-0.25, -0.2) is 4.98 Å². The summed E-state index contributed by atoms with van der Waals surface area (Å²) < 4.78 is 4.66. The van der Waals surface area contributed by atoms with Crippen molar-refractivity contribution in [2.75, 3.05) is 18.6 Å². The van der Waals surface area contributed by atoms with Gasteiger partial charge in [0.05, 0.1) is 18.5 Å². The van der Waals surface area contributed by atoms with E-state index in [-0.39, 0.29) is 28.0 Å². The molecule has 0 bridgehead atoms. The Kier molecular flexibility index (Phi) is 4.07. The first kappa shape index (κ1) is 14.5. The highest BCUT2D eigenvalue weighted by Gasteiger charge is 2.45. The van der Waals surface area contributed by atoms with E-state index < -0.39 is 4.92 Å². The predicted octanol–water partition coefficient (Wildman–Crippen LogP) is 1.40. The lowest BCUT2D eigenvalue weighted by Gasteiger charge is -2.12. The number of aromatic nitrogens is 2. The van der Waals surface area contributed by atoms with E-state index in [9.17, 15) is 14.9 Å². The van der Waals surface area contributed by atoms with Gasteiger partial charge in [0.25, 0.3) is 0 Å².